The van der Waals surface area contributed by atoms with Gasteiger partial charge in [0.1, 0.15) is 22.1 Å². The minimum absolute atomic E-state index is 0.0290. The summed E-state index contributed by atoms with van der Waals surface area (Å²) in [7, 11) is -3.69. The number of sulfone groups is 1. The van der Waals surface area contributed by atoms with Crippen LogP contribution in [0.15, 0.2) is 35.2 Å². The first-order valence-electron chi connectivity index (χ1n) is 9.13. The third-order valence-electron chi connectivity index (χ3n) is 5.17. The van der Waals surface area contributed by atoms with Gasteiger partial charge in [0, 0.05) is 17.0 Å². The summed E-state index contributed by atoms with van der Waals surface area (Å²) in [5.74, 6) is -1.26. The number of aromatic hydroxyl groups is 1. The van der Waals surface area contributed by atoms with Crippen molar-refractivity contribution in [3.63, 3.8) is 0 Å². The molecule has 0 bridgehead atoms. The largest absolute Gasteiger partial charge is 0.507 e. The molecule has 3 aromatic rings. The lowest BCUT2D eigenvalue weighted by Gasteiger charge is -2.25. The first-order chi connectivity index (χ1) is 14.2. The van der Waals surface area contributed by atoms with E-state index in [-0.39, 0.29) is 49.6 Å². The fourth-order valence-corrected chi connectivity index (χ4v) is 5.78. The van der Waals surface area contributed by atoms with Gasteiger partial charge in [-0.3, -0.25) is 0 Å². The van der Waals surface area contributed by atoms with Crippen molar-refractivity contribution in [3.05, 3.63) is 46.1 Å². The van der Waals surface area contributed by atoms with E-state index >= 15 is 0 Å². The van der Waals surface area contributed by atoms with Crippen molar-refractivity contribution in [3.8, 4) is 17.2 Å². The summed E-state index contributed by atoms with van der Waals surface area (Å²) < 4.78 is 31.2. The maximum atomic E-state index is 12.7. The van der Waals surface area contributed by atoms with E-state index in [0.717, 1.165) is 19.3 Å². The van der Waals surface area contributed by atoms with Crippen molar-refractivity contribution in [2.75, 3.05) is 5.75 Å². The normalized spacial score (nSPS) is 14.6. The Hall–Kier alpha value is -2.42. The number of carboxylic acids is 1. The van der Waals surface area contributed by atoms with Crippen molar-refractivity contribution in [1.29, 1.82) is 0 Å². The van der Waals surface area contributed by atoms with Crippen molar-refractivity contribution in [1.82, 2.24) is 4.98 Å². The molecule has 158 valence electrons. The van der Waals surface area contributed by atoms with Crippen LogP contribution in [0, 0.1) is 5.92 Å². The summed E-state index contributed by atoms with van der Waals surface area (Å²) in [4.78, 5) is 13.7. The molecule has 1 saturated carbocycles. The number of nitrogens with one attached hydrogen (secondary N) is 1. The average molecular weight is 470 g/mol. The topological polar surface area (TPSA) is 117 Å². The standard InChI is InChI=1S/C20H17Cl2NO6S/c21-13-8-14-12(7-15(23-14)20(25)26)18(22)19(13)29-11-4-5-16(24)17(6-11)30(27,28)9-10-2-1-3-10/h4-8,10,23-24H,1-3,9H2,(H,25,26). The van der Waals surface area contributed by atoms with Crippen LogP contribution in [0.5, 0.6) is 17.2 Å². The Morgan fingerprint density at radius 1 is 1.20 bits per heavy atom. The molecule has 1 heterocycles. The number of hydrogen-bond donors (Lipinski definition) is 3. The van der Waals surface area contributed by atoms with Gasteiger partial charge in [-0.15, -0.1) is 0 Å². The van der Waals surface area contributed by atoms with E-state index in [2.05, 4.69) is 4.98 Å². The minimum atomic E-state index is -3.69. The zero-order valence-corrected chi connectivity index (χ0v) is 17.8. The number of carboxylic acid groups (broad SMARTS) is 1. The van der Waals surface area contributed by atoms with Gasteiger partial charge in [-0.2, -0.15) is 0 Å². The minimum Gasteiger partial charge on any atom is -0.507 e. The number of aromatic nitrogens is 1. The summed E-state index contributed by atoms with van der Waals surface area (Å²) in [6, 6.07) is 6.70. The van der Waals surface area contributed by atoms with Crippen molar-refractivity contribution < 1.29 is 28.2 Å². The van der Waals surface area contributed by atoms with Gasteiger partial charge >= 0.3 is 5.97 Å². The van der Waals surface area contributed by atoms with Gasteiger partial charge in [-0.25, -0.2) is 13.2 Å². The molecule has 0 radical (unpaired) electrons. The molecule has 1 aliphatic rings. The number of halogens is 2. The van der Waals surface area contributed by atoms with Crippen LogP contribution in [0.2, 0.25) is 10.0 Å². The van der Waals surface area contributed by atoms with E-state index in [1.807, 2.05) is 0 Å². The first kappa shape index (κ1) is 20.8. The molecule has 30 heavy (non-hydrogen) atoms. The van der Waals surface area contributed by atoms with Crippen LogP contribution in [0.25, 0.3) is 10.9 Å². The second-order valence-electron chi connectivity index (χ2n) is 7.26. The van der Waals surface area contributed by atoms with Gasteiger partial charge in [0.05, 0.1) is 15.8 Å². The first-order valence-corrected chi connectivity index (χ1v) is 11.5. The molecule has 7 nitrogen and oxygen atoms in total. The van der Waals surface area contributed by atoms with Gasteiger partial charge in [-0.05, 0) is 43.0 Å². The molecule has 2 aromatic carbocycles. The molecule has 0 saturated heterocycles. The van der Waals surface area contributed by atoms with E-state index in [0.29, 0.717) is 10.9 Å². The number of benzene rings is 2. The van der Waals surface area contributed by atoms with E-state index in [9.17, 15) is 18.3 Å². The summed E-state index contributed by atoms with van der Waals surface area (Å²) in [6.45, 7) is 0. The molecule has 0 unspecified atom stereocenters. The predicted molar refractivity (Wildman–Crippen MR) is 113 cm³/mol. The summed E-state index contributed by atoms with van der Waals surface area (Å²) >= 11 is 12.6. The fourth-order valence-electron chi connectivity index (χ4n) is 3.38. The molecule has 1 fully saturated rings. The zero-order chi connectivity index (χ0) is 21.6. The number of aromatic carboxylic acids is 1. The lowest BCUT2D eigenvalue weighted by molar-refractivity contribution is 0.0691. The van der Waals surface area contributed by atoms with Crippen molar-refractivity contribution in [2.24, 2.45) is 5.92 Å². The molecule has 0 amide bonds. The van der Waals surface area contributed by atoms with E-state index < -0.39 is 15.8 Å². The molecule has 0 atom stereocenters. The Kier molecular flexibility index (Phi) is 5.34. The third kappa shape index (κ3) is 3.82. The molecule has 0 aliphatic heterocycles. The van der Waals surface area contributed by atoms with Crippen LogP contribution in [0.4, 0.5) is 0 Å². The van der Waals surface area contributed by atoms with Gasteiger partial charge < -0.3 is 19.9 Å². The predicted octanol–water partition coefficient (Wildman–Crippen LogP) is 5.24. The van der Waals surface area contributed by atoms with E-state index in [1.165, 1.54) is 30.3 Å². The lowest BCUT2D eigenvalue weighted by atomic mass is 9.87. The maximum absolute atomic E-state index is 12.7. The van der Waals surface area contributed by atoms with Crippen LogP contribution in [0.1, 0.15) is 29.8 Å². The number of phenols is 1. The van der Waals surface area contributed by atoms with Crippen LogP contribution >= 0.6 is 23.2 Å². The highest BCUT2D eigenvalue weighted by Crippen LogP contribution is 2.43. The quantitative estimate of drug-likeness (QED) is 0.454. The molecule has 3 N–H and O–H groups in total. The number of hydrogen-bond acceptors (Lipinski definition) is 5. The lowest BCUT2D eigenvalue weighted by Crippen LogP contribution is -2.22. The molecule has 0 spiro atoms. The highest BCUT2D eigenvalue weighted by Gasteiger charge is 2.28. The number of aromatic amines is 1. The van der Waals surface area contributed by atoms with Gasteiger partial charge in [-0.1, -0.05) is 29.6 Å². The summed E-state index contributed by atoms with van der Waals surface area (Å²) in [6.07, 6.45) is 2.73. The number of carbonyl (C=O) groups is 1. The number of phenolic OH excluding ortho intramolecular Hbond substituents is 1. The van der Waals surface area contributed by atoms with E-state index in [4.69, 9.17) is 33.0 Å². The number of fused-ring (bicyclic) bond motifs is 1. The highest BCUT2D eigenvalue weighted by molar-refractivity contribution is 7.91. The Balaban J connectivity index is 1.70. The summed E-state index contributed by atoms with van der Waals surface area (Å²) in [5.41, 5.74) is 0.360. The Morgan fingerprint density at radius 3 is 2.57 bits per heavy atom. The van der Waals surface area contributed by atoms with Gasteiger partial charge in [0.2, 0.25) is 0 Å². The molecular formula is C20H17Cl2NO6S. The van der Waals surface area contributed by atoms with Gasteiger partial charge in [0.25, 0.3) is 0 Å². The fraction of sp³-hybridized carbons (Fsp3) is 0.250. The monoisotopic (exact) mass is 469 g/mol. The second-order valence-corrected chi connectivity index (χ2v) is 10.0. The average Bonchev–Trinajstić information content (AvgIpc) is 3.07. The van der Waals surface area contributed by atoms with E-state index in [1.54, 1.807) is 0 Å². The number of H-pyrrole nitrogens is 1. The van der Waals surface area contributed by atoms with Crippen LogP contribution in [-0.2, 0) is 9.84 Å². The van der Waals surface area contributed by atoms with Crippen LogP contribution in [0.3, 0.4) is 0 Å². The zero-order valence-electron chi connectivity index (χ0n) is 15.5. The van der Waals surface area contributed by atoms with Crippen LogP contribution < -0.4 is 4.74 Å². The Labute approximate surface area is 182 Å². The molecule has 1 aromatic heterocycles. The number of rotatable bonds is 6. The molecule has 10 heteroatoms. The second kappa shape index (κ2) is 7.68. The molecule has 4 rings (SSSR count). The molecular weight excluding hydrogens is 453 g/mol. The SMILES string of the molecule is O=C(O)c1cc2c(Cl)c(Oc3ccc(O)c(S(=O)(=O)CC4CCC4)c3)c(Cl)cc2[nH]1. The smallest absolute Gasteiger partial charge is 0.352 e. The number of ether oxygens (including phenoxy) is 1. The molecule has 1 aliphatic carbocycles. The maximum Gasteiger partial charge on any atom is 0.352 e. The third-order valence-corrected chi connectivity index (χ3v) is 7.73. The Morgan fingerprint density at radius 2 is 1.93 bits per heavy atom. The summed E-state index contributed by atoms with van der Waals surface area (Å²) in [5, 5.41) is 19.8. The van der Waals surface area contributed by atoms with Crippen LogP contribution in [-0.4, -0.2) is 35.3 Å². The van der Waals surface area contributed by atoms with Crippen molar-refractivity contribution >= 4 is 49.9 Å². The van der Waals surface area contributed by atoms with Gasteiger partial charge in [0.15, 0.2) is 15.6 Å². The highest BCUT2D eigenvalue weighted by atomic mass is 35.5. The Bertz CT molecular complexity index is 1260. The van der Waals surface area contributed by atoms with Crippen molar-refractivity contribution in [2.45, 2.75) is 24.2 Å².